The highest BCUT2D eigenvalue weighted by molar-refractivity contribution is 5.75. The number of hydrogen-bond donors (Lipinski definition) is 1. The number of nitrogens with one attached hydrogen (secondary N) is 1. The molecular formula is C11H13NO3. The van der Waals surface area contributed by atoms with Gasteiger partial charge in [-0.2, -0.15) is 0 Å². The highest BCUT2D eigenvalue weighted by Gasteiger charge is 1.97. The predicted octanol–water partition coefficient (Wildman–Crippen LogP) is 1.79. The van der Waals surface area contributed by atoms with Crippen LogP contribution >= 0.6 is 0 Å². The summed E-state index contributed by atoms with van der Waals surface area (Å²) >= 11 is 0. The van der Waals surface area contributed by atoms with E-state index in [1.54, 1.807) is 31.3 Å². The third kappa shape index (κ3) is 3.81. The van der Waals surface area contributed by atoms with Crippen molar-refractivity contribution >= 4 is 18.3 Å². The molecule has 0 saturated carbocycles. The van der Waals surface area contributed by atoms with Crippen molar-refractivity contribution in [1.82, 2.24) is 4.98 Å². The van der Waals surface area contributed by atoms with E-state index in [4.69, 9.17) is 4.74 Å². The number of ether oxygens (including phenoxy) is 1. The standard InChI is InChI=1S/C11H13NO3/c1-2-15-11(14)5-3-4-9-6-10(8-13)12-7-9/h3-4,6-8,12H,2,5H2,1H3. The van der Waals surface area contributed by atoms with Crippen LogP contribution in [0, 0.1) is 0 Å². The first-order valence-electron chi connectivity index (χ1n) is 4.72. The maximum atomic E-state index is 11.0. The maximum Gasteiger partial charge on any atom is 0.309 e. The van der Waals surface area contributed by atoms with Gasteiger partial charge < -0.3 is 9.72 Å². The van der Waals surface area contributed by atoms with Crippen molar-refractivity contribution in [3.63, 3.8) is 0 Å². The first-order chi connectivity index (χ1) is 7.26. The molecule has 80 valence electrons. The van der Waals surface area contributed by atoms with Crippen LogP contribution in [0.3, 0.4) is 0 Å². The van der Waals surface area contributed by atoms with E-state index in [0.717, 1.165) is 11.8 Å². The largest absolute Gasteiger partial charge is 0.466 e. The number of carbonyl (C=O) groups excluding carboxylic acids is 2. The molecule has 0 atom stereocenters. The number of esters is 1. The lowest BCUT2D eigenvalue weighted by atomic mass is 10.2. The lowest BCUT2D eigenvalue weighted by molar-refractivity contribution is -0.142. The fourth-order valence-electron chi connectivity index (χ4n) is 1.10. The molecule has 15 heavy (non-hydrogen) atoms. The van der Waals surface area contributed by atoms with Crippen LogP contribution in [-0.2, 0) is 9.53 Å². The zero-order chi connectivity index (χ0) is 11.1. The van der Waals surface area contributed by atoms with E-state index in [0.29, 0.717) is 12.3 Å². The Bertz CT molecular complexity index is 366. The molecule has 0 aliphatic carbocycles. The Balaban J connectivity index is 2.44. The van der Waals surface area contributed by atoms with Gasteiger partial charge in [0.15, 0.2) is 6.29 Å². The second-order valence-corrected chi connectivity index (χ2v) is 2.92. The van der Waals surface area contributed by atoms with Gasteiger partial charge >= 0.3 is 5.97 Å². The van der Waals surface area contributed by atoms with E-state index in [9.17, 15) is 9.59 Å². The summed E-state index contributed by atoms with van der Waals surface area (Å²) in [4.78, 5) is 24.1. The first kappa shape index (κ1) is 11.2. The number of aldehydes is 1. The van der Waals surface area contributed by atoms with Gasteiger partial charge in [0.25, 0.3) is 0 Å². The van der Waals surface area contributed by atoms with Crippen molar-refractivity contribution < 1.29 is 14.3 Å². The van der Waals surface area contributed by atoms with Gasteiger partial charge in [-0.25, -0.2) is 0 Å². The minimum atomic E-state index is -0.250. The summed E-state index contributed by atoms with van der Waals surface area (Å²) in [6.45, 7) is 2.16. The molecule has 0 saturated heterocycles. The second-order valence-electron chi connectivity index (χ2n) is 2.92. The van der Waals surface area contributed by atoms with Gasteiger partial charge in [-0.05, 0) is 18.6 Å². The van der Waals surface area contributed by atoms with Gasteiger partial charge in [-0.1, -0.05) is 12.2 Å². The molecule has 1 aromatic rings. The van der Waals surface area contributed by atoms with Crippen LogP contribution in [0.4, 0.5) is 0 Å². The number of hydrogen-bond acceptors (Lipinski definition) is 3. The summed E-state index contributed by atoms with van der Waals surface area (Å²) in [5, 5.41) is 0. The summed E-state index contributed by atoms with van der Waals surface area (Å²) in [5.41, 5.74) is 1.38. The smallest absolute Gasteiger partial charge is 0.309 e. The van der Waals surface area contributed by atoms with E-state index < -0.39 is 0 Å². The molecule has 1 heterocycles. The van der Waals surface area contributed by atoms with Gasteiger partial charge in [0.05, 0.1) is 18.7 Å². The van der Waals surface area contributed by atoms with E-state index >= 15 is 0 Å². The molecule has 1 rings (SSSR count). The number of carbonyl (C=O) groups is 2. The average Bonchev–Trinajstić information content (AvgIpc) is 2.66. The summed E-state index contributed by atoms with van der Waals surface area (Å²) in [6.07, 6.45) is 6.15. The molecule has 0 amide bonds. The molecule has 0 aliphatic rings. The van der Waals surface area contributed by atoms with Gasteiger partial charge in [-0.15, -0.1) is 0 Å². The number of aromatic amines is 1. The molecule has 0 radical (unpaired) electrons. The summed E-state index contributed by atoms with van der Waals surface area (Å²) in [7, 11) is 0. The Morgan fingerprint density at radius 2 is 2.40 bits per heavy atom. The lowest BCUT2D eigenvalue weighted by Gasteiger charge is -1.95. The average molecular weight is 207 g/mol. The molecule has 0 bridgehead atoms. The molecule has 0 aliphatic heterocycles. The molecular weight excluding hydrogens is 194 g/mol. The first-order valence-corrected chi connectivity index (χ1v) is 4.72. The summed E-state index contributed by atoms with van der Waals surface area (Å²) in [5.74, 6) is -0.250. The Morgan fingerprint density at radius 3 is 3.00 bits per heavy atom. The van der Waals surface area contributed by atoms with Crippen molar-refractivity contribution in [3.8, 4) is 0 Å². The van der Waals surface area contributed by atoms with Gasteiger partial charge in [0.2, 0.25) is 0 Å². The van der Waals surface area contributed by atoms with Crippen LogP contribution in [0.15, 0.2) is 18.3 Å². The fraction of sp³-hybridized carbons (Fsp3) is 0.273. The molecule has 4 heteroatoms. The summed E-state index contributed by atoms with van der Waals surface area (Å²) in [6, 6.07) is 1.70. The third-order valence-corrected chi connectivity index (χ3v) is 1.75. The molecule has 0 unspecified atom stereocenters. The van der Waals surface area contributed by atoms with Crippen molar-refractivity contribution in [1.29, 1.82) is 0 Å². The second kappa shape index (κ2) is 5.80. The zero-order valence-electron chi connectivity index (χ0n) is 8.53. The predicted molar refractivity (Wildman–Crippen MR) is 56.5 cm³/mol. The zero-order valence-corrected chi connectivity index (χ0v) is 8.53. The maximum absolute atomic E-state index is 11.0. The van der Waals surface area contributed by atoms with Crippen LogP contribution < -0.4 is 0 Å². The monoisotopic (exact) mass is 207 g/mol. The van der Waals surface area contributed by atoms with E-state index in [-0.39, 0.29) is 12.4 Å². The topological polar surface area (TPSA) is 59.2 Å². The van der Waals surface area contributed by atoms with Crippen molar-refractivity contribution in [2.24, 2.45) is 0 Å². The van der Waals surface area contributed by atoms with Crippen molar-refractivity contribution in [3.05, 3.63) is 29.6 Å². The van der Waals surface area contributed by atoms with Gasteiger partial charge in [-0.3, -0.25) is 9.59 Å². The lowest BCUT2D eigenvalue weighted by Crippen LogP contribution is -2.01. The molecule has 1 N–H and O–H groups in total. The van der Waals surface area contributed by atoms with E-state index in [2.05, 4.69) is 4.98 Å². The minimum Gasteiger partial charge on any atom is -0.466 e. The molecule has 4 nitrogen and oxygen atoms in total. The Morgan fingerprint density at radius 1 is 1.60 bits per heavy atom. The van der Waals surface area contributed by atoms with Crippen LogP contribution in [0.5, 0.6) is 0 Å². The highest BCUT2D eigenvalue weighted by Crippen LogP contribution is 2.04. The van der Waals surface area contributed by atoms with Crippen LogP contribution in [0.1, 0.15) is 29.4 Å². The molecule has 0 aromatic carbocycles. The number of rotatable bonds is 5. The molecule has 1 aromatic heterocycles. The molecule has 0 spiro atoms. The van der Waals surface area contributed by atoms with Crippen LogP contribution in [0.2, 0.25) is 0 Å². The van der Waals surface area contributed by atoms with E-state index in [1.165, 1.54) is 0 Å². The Kier molecular flexibility index (Phi) is 4.34. The fourth-order valence-corrected chi connectivity index (χ4v) is 1.10. The molecule has 0 fully saturated rings. The van der Waals surface area contributed by atoms with Crippen molar-refractivity contribution in [2.45, 2.75) is 13.3 Å². The minimum absolute atomic E-state index is 0.245. The highest BCUT2D eigenvalue weighted by atomic mass is 16.5. The van der Waals surface area contributed by atoms with Crippen molar-refractivity contribution in [2.75, 3.05) is 6.61 Å². The Hall–Kier alpha value is -1.84. The van der Waals surface area contributed by atoms with Gasteiger partial charge in [0.1, 0.15) is 0 Å². The normalized spacial score (nSPS) is 10.5. The quantitative estimate of drug-likeness (QED) is 0.591. The van der Waals surface area contributed by atoms with Gasteiger partial charge in [0, 0.05) is 6.20 Å². The number of aromatic nitrogens is 1. The number of H-pyrrole nitrogens is 1. The SMILES string of the molecule is CCOC(=O)CC=Cc1c[nH]c(C=O)c1. The van der Waals surface area contributed by atoms with E-state index in [1.807, 2.05) is 0 Å². The summed E-state index contributed by atoms with van der Waals surface area (Å²) < 4.78 is 4.75. The Labute approximate surface area is 87.9 Å². The third-order valence-electron chi connectivity index (χ3n) is 1.75. The van der Waals surface area contributed by atoms with Crippen LogP contribution in [-0.4, -0.2) is 23.8 Å². The van der Waals surface area contributed by atoms with Crippen LogP contribution in [0.25, 0.3) is 6.08 Å².